The molecule has 1 fully saturated rings. The first-order chi connectivity index (χ1) is 15.0. The molecule has 1 aromatic heterocycles. The second-order valence-corrected chi connectivity index (χ2v) is 7.14. The maximum Gasteiger partial charge on any atom is 0.254 e. The fourth-order valence-electron chi connectivity index (χ4n) is 3.26. The van der Waals surface area contributed by atoms with Crippen LogP contribution >= 0.6 is 0 Å². The highest BCUT2D eigenvalue weighted by molar-refractivity contribution is 5.94. The van der Waals surface area contributed by atoms with Crippen LogP contribution in [0, 0.1) is 5.41 Å². The average molecular weight is 425 g/mol. The molecule has 0 atom stereocenters. The van der Waals surface area contributed by atoms with Gasteiger partial charge in [-0.3, -0.25) is 4.79 Å². The fraction of sp³-hybridized carbons (Fsp3) is 0.286. The Kier molecular flexibility index (Phi) is 7.41. The van der Waals surface area contributed by atoms with Crippen LogP contribution in [-0.4, -0.2) is 48.3 Å². The highest BCUT2D eigenvalue weighted by atomic mass is 16.5. The highest BCUT2D eigenvalue weighted by Gasteiger charge is 2.18. The van der Waals surface area contributed by atoms with Crippen molar-refractivity contribution in [1.82, 2.24) is 15.2 Å². The number of rotatable bonds is 8. The van der Waals surface area contributed by atoms with Crippen LogP contribution < -0.4 is 28.1 Å². The number of nitrogen functional groups attached to an aromatic ring is 3. The number of ether oxygens (including phenoxy) is 1. The summed E-state index contributed by atoms with van der Waals surface area (Å²) in [7, 11) is 0. The number of nitrogens with one attached hydrogen (secondary N) is 3. The summed E-state index contributed by atoms with van der Waals surface area (Å²) in [4.78, 5) is 18.3. The Morgan fingerprint density at radius 2 is 1.94 bits per heavy atom. The van der Waals surface area contributed by atoms with Gasteiger partial charge in [0.05, 0.1) is 18.9 Å². The van der Waals surface area contributed by atoms with Gasteiger partial charge >= 0.3 is 0 Å². The number of pyridine rings is 1. The quantitative estimate of drug-likeness (QED) is 0.206. The number of hydrogen-bond donors (Lipinski definition) is 6. The Morgan fingerprint density at radius 1 is 1.23 bits per heavy atom. The second-order valence-electron chi connectivity index (χ2n) is 7.14. The van der Waals surface area contributed by atoms with Crippen molar-refractivity contribution >= 4 is 29.4 Å². The molecule has 2 aromatic rings. The molecule has 1 aromatic carbocycles. The van der Waals surface area contributed by atoms with Crippen molar-refractivity contribution in [2.75, 3.05) is 43.2 Å². The molecule has 0 aliphatic carbocycles. The molecule has 0 unspecified atom stereocenters. The lowest BCUT2D eigenvalue weighted by molar-refractivity contribution is 0.0303. The van der Waals surface area contributed by atoms with E-state index < -0.39 is 0 Å². The summed E-state index contributed by atoms with van der Waals surface area (Å²) in [5.41, 5.74) is 17.8. The molecule has 164 valence electrons. The van der Waals surface area contributed by atoms with E-state index in [0.717, 1.165) is 11.1 Å². The number of carbonyl (C=O) groups is 1. The summed E-state index contributed by atoms with van der Waals surface area (Å²) >= 11 is 0. The van der Waals surface area contributed by atoms with E-state index in [0.29, 0.717) is 67.7 Å². The van der Waals surface area contributed by atoms with Gasteiger partial charge < -0.3 is 37.3 Å². The van der Waals surface area contributed by atoms with Crippen molar-refractivity contribution < 1.29 is 9.53 Å². The van der Waals surface area contributed by atoms with Crippen molar-refractivity contribution in [2.45, 2.75) is 13.0 Å². The predicted octanol–water partition coefficient (Wildman–Crippen LogP) is 0.870. The molecule has 3 rings (SSSR count). The molecule has 0 saturated carbocycles. The van der Waals surface area contributed by atoms with Crippen molar-refractivity contribution in [3.63, 3.8) is 0 Å². The number of hydrazine groups is 1. The molecule has 0 bridgehead atoms. The van der Waals surface area contributed by atoms with Gasteiger partial charge in [-0.05, 0) is 34.9 Å². The Morgan fingerprint density at radius 3 is 2.58 bits per heavy atom. The van der Waals surface area contributed by atoms with Crippen LogP contribution in [0.15, 0.2) is 42.1 Å². The monoisotopic (exact) mass is 424 g/mol. The second kappa shape index (κ2) is 10.4. The number of carbonyl (C=O) groups excluding carboxylic acids is 1. The number of allylic oxidation sites excluding steroid dienone is 1. The van der Waals surface area contributed by atoms with E-state index in [1.165, 1.54) is 6.21 Å². The van der Waals surface area contributed by atoms with E-state index in [2.05, 4.69) is 15.7 Å². The maximum atomic E-state index is 12.5. The lowest BCUT2D eigenvalue weighted by atomic mass is 10.1. The van der Waals surface area contributed by atoms with Gasteiger partial charge in [0.2, 0.25) is 0 Å². The predicted molar refractivity (Wildman–Crippen MR) is 121 cm³/mol. The van der Waals surface area contributed by atoms with Gasteiger partial charge in [0.1, 0.15) is 5.82 Å². The van der Waals surface area contributed by atoms with Gasteiger partial charge in [-0.1, -0.05) is 12.1 Å². The zero-order valence-corrected chi connectivity index (χ0v) is 17.2. The molecule has 9 N–H and O–H groups in total. The topological polar surface area (TPSA) is 168 Å². The number of benzene rings is 1. The number of hydrogen-bond acceptors (Lipinski definition) is 9. The number of aromatic nitrogens is 1. The number of morpholine rings is 1. The molecule has 31 heavy (non-hydrogen) atoms. The minimum atomic E-state index is 0.0225. The van der Waals surface area contributed by atoms with E-state index in [1.54, 1.807) is 17.2 Å². The Labute approximate surface area is 180 Å². The fourth-order valence-corrected chi connectivity index (χ4v) is 3.26. The van der Waals surface area contributed by atoms with E-state index in [4.69, 9.17) is 27.5 Å². The standard InChI is InChI=1S/C21H28N8O2/c22-11-15(9-17-10-18(23)27-20(28-25)19(17)24)13-26-12-14-1-3-16(4-2-14)21(30)29-5-7-31-8-6-29/h1-4,10-11,13,22,26H,5-9,12,24-25H2,(H3,23,27,28)/b15-13-,22-11?. The van der Waals surface area contributed by atoms with Crippen LogP contribution in [0.2, 0.25) is 0 Å². The van der Waals surface area contributed by atoms with Crippen LogP contribution in [0.4, 0.5) is 17.3 Å². The van der Waals surface area contributed by atoms with Crippen molar-refractivity contribution in [3.8, 4) is 0 Å². The number of anilines is 3. The van der Waals surface area contributed by atoms with Crippen molar-refractivity contribution in [1.29, 1.82) is 5.41 Å². The van der Waals surface area contributed by atoms with E-state index >= 15 is 0 Å². The van der Waals surface area contributed by atoms with Crippen LogP contribution in [0.1, 0.15) is 21.5 Å². The minimum absolute atomic E-state index is 0.0225. The summed E-state index contributed by atoms with van der Waals surface area (Å²) in [6, 6.07) is 9.16. The Hall–Kier alpha value is -3.63. The van der Waals surface area contributed by atoms with Crippen molar-refractivity contribution in [3.05, 3.63) is 58.8 Å². The van der Waals surface area contributed by atoms with Crippen LogP contribution in [-0.2, 0) is 17.7 Å². The normalized spacial score (nSPS) is 14.2. The Bertz CT molecular complexity index is 953. The lowest BCUT2D eigenvalue weighted by Crippen LogP contribution is -2.40. The zero-order chi connectivity index (χ0) is 22.2. The van der Waals surface area contributed by atoms with Gasteiger partial charge in [-0.15, -0.1) is 0 Å². The third kappa shape index (κ3) is 5.71. The van der Waals surface area contributed by atoms with E-state index in [1.807, 2.05) is 24.3 Å². The number of nitrogens with zero attached hydrogens (tertiary/aromatic N) is 2. The van der Waals surface area contributed by atoms with Gasteiger partial charge in [0.15, 0.2) is 5.82 Å². The summed E-state index contributed by atoms with van der Waals surface area (Å²) in [6.45, 7) is 2.95. The van der Waals surface area contributed by atoms with E-state index in [9.17, 15) is 4.79 Å². The number of amides is 1. The van der Waals surface area contributed by atoms with Crippen molar-refractivity contribution in [2.24, 2.45) is 5.84 Å². The first-order valence-corrected chi connectivity index (χ1v) is 9.92. The maximum absolute atomic E-state index is 12.5. The van der Waals surface area contributed by atoms with Gasteiger partial charge in [0, 0.05) is 44.0 Å². The molecule has 1 aliphatic heterocycles. The molecule has 10 nitrogen and oxygen atoms in total. The van der Waals surface area contributed by atoms with Gasteiger partial charge in [-0.2, -0.15) is 0 Å². The Balaban J connectivity index is 1.59. The summed E-state index contributed by atoms with van der Waals surface area (Å²) < 4.78 is 5.29. The van der Waals surface area contributed by atoms with Crippen LogP contribution in [0.5, 0.6) is 0 Å². The zero-order valence-electron chi connectivity index (χ0n) is 17.2. The smallest absolute Gasteiger partial charge is 0.254 e. The summed E-state index contributed by atoms with van der Waals surface area (Å²) in [5.74, 6) is 6.04. The van der Waals surface area contributed by atoms with Crippen LogP contribution in [0.25, 0.3) is 0 Å². The molecular formula is C21H28N8O2. The SMILES string of the molecule is N=C/C(=C\NCc1ccc(C(=O)N2CCOCC2)cc1)Cc1cc(N)nc(NN)c1N. The third-order valence-electron chi connectivity index (χ3n) is 4.97. The average Bonchev–Trinajstić information content (AvgIpc) is 2.80. The highest BCUT2D eigenvalue weighted by Crippen LogP contribution is 2.24. The molecular weight excluding hydrogens is 396 g/mol. The molecule has 1 saturated heterocycles. The molecule has 0 radical (unpaired) electrons. The van der Waals surface area contributed by atoms with Gasteiger partial charge in [-0.25, -0.2) is 10.8 Å². The summed E-state index contributed by atoms with van der Waals surface area (Å²) in [6.07, 6.45) is 3.41. The molecule has 2 heterocycles. The third-order valence-corrected chi connectivity index (χ3v) is 4.97. The molecule has 0 spiro atoms. The van der Waals surface area contributed by atoms with Gasteiger partial charge in [0.25, 0.3) is 5.91 Å². The molecule has 1 aliphatic rings. The molecule has 10 heteroatoms. The number of nitrogens with two attached hydrogens (primary N) is 3. The van der Waals surface area contributed by atoms with Crippen LogP contribution in [0.3, 0.4) is 0 Å². The first-order valence-electron chi connectivity index (χ1n) is 9.92. The molecule has 1 amide bonds. The first kappa shape index (κ1) is 22.1. The largest absolute Gasteiger partial charge is 0.395 e. The van der Waals surface area contributed by atoms with E-state index in [-0.39, 0.29) is 5.91 Å². The minimum Gasteiger partial charge on any atom is -0.395 e. The summed E-state index contributed by atoms with van der Waals surface area (Å²) in [5, 5.41) is 10.9. The lowest BCUT2D eigenvalue weighted by Gasteiger charge is -2.26.